The minimum atomic E-state index is -1.86. The number of carboxylic acids is 1. The number of methoxy groups -OCH3 is 1. The van der Waals surface area contributed by atoms with Crippen LogP contribution in [0, 0.1) is 11.8 Å². The molecule has 5 rings (SSSR count). The molecule has 0 bridgehead atoms. The largest absolute Gasteiger partial charge is 0.504 e. The van der Waals surface area contributed by atoms with Gasteiger partial charge < -0.3 is 19.9 Å². The lowest BCUT2D eigenvalue weighted by Gasteiger charge is -2.31. The Kier molecular flexibility index (Phi) is 5.49. The number of aromatic hydroxyl groups is 1. The van der Waals surface area contributed by atoms with E-state index in [1.54, 1.807) is 30.3 Å². The van der Waals surface area contributed by atoms with Crippen LogP contribution in [0.15, 0.2) is 55.0 Å². The first-order valence-corrected chi connectivity index (χ1v) is 11.1. The van der Waals surface area contributed by atoms with E-state index >= 15 is 0 Å². The van der Waals surface area contributed by atoms with Crippen molar-refractivity contribution in [2.75, 3.05) is 12.0 Å². The zero-order valence-electron chi connectivity index (χ0n) is 18.4. The van der Waals surface area contributed by atoms with Gasteiger partial charge in [0, 0.05) is 34.9 Å². The summed E-state index contributed by atoms with van der Waals surface area (Å²) in [4.78, 5) is 48.2. The number of amides is 2. The van der Waals surface area contributed by atoms with Gasteiger partial charge in [0.25, 0.3) is 0 Å². The number of carbonyl (C=O) groups excluding carboxylic acids is 2. The molecule has 4 atom stereocenters. The summed E-state index contributed by atoms with van der Waals surface area (Å²) in [5.74, 6) is -4.97. The number of nitrogens with one attached hydrogen (secondary N) is 2. The number of phenols is 1. The highest BCUT2D eigenvalue weighted by atomic mass is 35.5. The van der Waals surface area contributed by atoms with E-state index in [0.717, 1.165) is 4.90 Å². The van der Waals surface area contributed by atoms with Gasteiger partial charge >= 0.3 is 5.97 Å². The second-order valence-electron chi connectivity index (χ2n) is 8.54. The molecule has 11 heteroatoms. The number of carboxylic acid groups (broad SMARTS) is 1. The molecule has 2 fully saturated rings. The predicted octanol–water partition coefficient (Wildman–Crippen LogP) is 2.29. The second kappa shape index (κ2) is 8.40. The zero-order valence-corrected chi connectivity index (χ0v) is 19.2. The minimum Gasteiger partial charge on any atom is -0.504 e. The molecule has 0 spiro atoms. The highest BCUT2D eigenvalue weighted by molar-refractivity contribution is 6.31. The van der Waals surface area contributed by atoms with Crippen molar-refractivity contribution in [3.8, 4) is 11.5 Å². The summed E-state index contributed by atoms with van der Waals surface area (Å²) < 4.78 is 5.21. The summed E-state index contributed by atoms with van der Waals surface area (Å²) in [6.07, 6.45) is 2.73. The van der Waals surface area contributed by atoms with Gasteiger partial charge in [0.1, 0.15) is 5.54 Å². The first kappa shape index (κ1) is 22.9. The Balaban J connectivity index is 1.68. The molecule has 2 aliphatic rings. The molecule has 2 aromatic carbocycles. The van der Waals surface area contributed by atoms with E-state index in [9.17, 15) is 24.6 Å². The average Bonchev–Trinajstić information content (AvgIpc) is 3.53. The zero-order chi connectivity index (χ0) is 24.9. The van der Waals surface area contributed by atoms with Gasteiger partial charge in [-0.3, -0.25) is 19.7 Å². The molecular weight excluding hydrogens is 476 g/mol. The van der Waals surface area contributed by atoms with Gasteiger partial charge in [0.2, 0.25) is 11.8 Å². The number of phenolic OH excluding ortho intramolecular Hbond substituents is 1. The third kappa shape index (κ3) is 3.44. The normalized spacial score (nSPS) is 25.7. The molecular formula is C24H21ClN4O6. The maximum absolute atomic E-state index is 13.8. The molecule has 2 saturated heterocycles. The molecule has 10 nitrogen and oxygen atoms in total. The number of fused-ring (bicyclic) bond motifs is 1. The van der Waals surface area contributed by atoms with Crippen molar-refractivity contribution >= 4 is 35.1 Å². The maximum Gasteiger partial charge on any atom is 0.325 e. The van der Waals surface area contributed by atoms with Gasteiger partial charge in [-0.1, -0.05) is 23.7 Å². The number of benzene rings is 2. The number of ether oxygens (including phenoxy) is 1. The summed E-state index contributed by atoms with van der Waals surface area (Å²) in [5, 5.41) is 24.8. The molecule has 1 aromatic heterocycles. The van der Waals surface area contributed by atoms with Gasteiger partial charge in [0.05, 0.1) is 31.0 Å². The number of aromatic nitrogens is 2. The summed E-state index contributed by atoms with van der Waals surface area (Å²) in [7, 11) is 1.38. The highest BCUT2D eigenvalue weighted by Crippen LogP contribution is 2.52. The number of rotatable bonds is 6. The number of hydrogen-bond acceptors (Lipinski definition) is 7. The van der Waals surface area contributed by atoms with Crippen LogP contribution >= 0.6 is 11.6 Å². The smallest absolute Gasteiger partial charge is 0.325 e. The number of aliphatic carboxylic acids is 1. The lowest BCUT2D eigenvalue weighted by Crippen LogP contribution is -2.57. The van der Waals surface area contributed by atoms with Gasteiger partial charge in [-0.15, -0.1) is 0 Å². The van der Waals surface area contributed by atoms with Crippen molar-refractivity contribution in [3.63, 3.8) is 0 Å². The van der Waals surface area contributed by atoms with E-state index in [4.69, 9.17) is 16.3 Å². The van der Waals surface area contributed by atoms with E-state index < -0.39 is 41.2 Å². The number of halogens is 1. The van der Waals surface area contributed by atoms with Crippen LogP contribution in [0.1, 0.15) is 17.3 Å². The minimum absolute atomic E-state index is 0.141. The Morgan fingerprint density at radius 2 is 1.94 bits per heavy atom. The molecule has 0 saturated carbocycles. The fraction of sp³-hybridized carbons (Fsp3) is 0.250. The van der Waals surface area contributed by atoms with Crippen LogP contribution in [0.5, 0.6) is 11.5 Å². The topological polar surface area (TPSA) is 145 Å². The van der Waals surface area contributed by atoms with Gasteiger partial charge in [-0.05, 0) is 30.3 Å². The highest BCUT2D eigenvalue weighted by Gasteiger charge is 2.69. The molecule has 2 aliphatic heterocycles. The monoisotopic (exact) mass is 496 g/mol. The van der Waals surface area contributed by atoms with E-state index in [1.807, 2.05) is 0 Å². The van der Waals surface area contributed by atoms with Crippen molar-refractivity contribution in [2.45, 2.75) is 18.0 Å². The lowest BCUT2D eigenvalue weighted by molar-refractivity contribution is -0.148. The van der Waals surface area contributed by atoms with Crippen LogP contribution < -0.4 is 15.0 Å². The first-order valence-electron chi connectivity index (χ1n) is 10.8. The van der Waals surface area contributed by atoms with E-state index in [-0.39, 0.29) is 29.2 Å². The number of carbonyl (C=O) groups is 3. The number of hydrogen-bond donors (Lipinski definition) is 4. The number of H-pyrrole nitrogens is 1. The van der Waals surface area contributed by atoms with Crippen LogP contribution in [0.2, 0.25) is 5.02 Å². The Morgan fingerprint density at radius 1 is 1.20 bits per heavy atom. The standard InChI is InChI=1S/C24H21ClN4O6/c1-35-16-4-2-3-15(20(16)30)19-17-18(24(28-19,23(33)34)9-13-10-26-11-27-13)22(32)29(21(17)31)14-7-5-12(25)6-8-14/h2-8,10-11,17-19,28,30H,9H2,1H3,(H,26,27)(H,33,34)/t17-,18-,19-,24-/m0/s1. The van der Waals surface area contributed by atoms with Gasteiger partial charge in [-0.2, -0.15) is 0 Å². The molecule has 35 heavy (non-hydrogen) atoms. The van der Waals surface area contributed by atoms with Crippen molar-refractivity contribution in [1.29, 1.82) is 0 Å². The van der Waals surface area contributed by atoms with E-state index in [2.05, 4.69) is 15.3 Å². The number of aromatic amines is 1. The quantitative estimate of drug-likeness (QED) is 0.380. The predicted molar refractivity (Wildman–Crippen MR) is 124 cm³/mol. The van der Waals surface area contributed by atoms with Crippen LogP contribution in [0.3, 0.4) is 0 Å². The third-order valence-corrected chi connectivity index (χ3v) is 6.98. The van der Waals surface area contributed by atoms with Crippen LogP contribution in [0.25, 0.3) is 0 Å². The lowest BCUT2D eigenvalue weighted by atomic mass is 9.77. The number of nitrogens with zero attached hydrogens (tertiary/aromatic N) is 2. The number of imidazole rings is 1. The molecule has 180 valence electrons. The van der Waals surface area contributed by atoms with Crippen molar-refractivity contribution < 1.29 is 29.3 Å². The maximum atomic E-state index is 13.8. The molecule has 0 unspecified atom stereocenters. The summed E-state index contributed by atoms with van der Waals surface area (Å²) in [6, 6.07) is 9.91. The Hall–Kier alpha value is -3.89. The van der Waals surface area contributed by atoms with E-state index in [0.29, 0.717) is 10.7 Å². The van der Waals surface area contributed by atoms with Crippen LogP contribution in [-0.4, -0.2) is 50.6 Å². The Morgan fingerprint density at radius 3 is 2.57 bits per heavy atom. The molecule has 3 aromatic rings. The van der Waals surface area contributed by atoms with Crippen molar-refractivity contribution in [2.24, 2.45) is 11.8 Å². The molecule has 3 heterocycles. The van der Waals surface area contributed by atoms with Crippen LogP contribution in [-0.2, 0) is 20.8 Å². The fourth-order valence-corrected chi connectivity index (χ4v) is 5.31. The first-order chi connectivity index (χ1) is 16.8. The third-order valence-electron chi connectivity index (χ3n) is 6.73. The van der Waals surface area contributed by atoms with Crippen molar-refractivity contribution in [3.05, 3.63) is 71.3 Å². The average molecular weight is 497 g/mol. The molecule has 4 N–H and O–H groups in total. The molecule has 0 aliphatic carbocycles. The summed E-state index contributed by atoms with van der Waals surface area (Å²) in [5.41, 5.74) is -0.843. The number of para-hydroxylation sites is 1. The number of anilines is 1. The molecule has 2 amide bonds. The van der Waals surface area contributed by atoms with Crippen LogP contribution in [0.4, 0.5) is 5.69 Å². The summed E-state index contributed by atoms with van der Waals surface area (Å²) >= 11 is 5.98. The van der Waals surface area contributed by atoms with E-state index in [1.165, 1.54) is 31.8 Å². The molecule has 0 radical (unpaired) electrons. The second-order valence-corrected chi connectivity index (χ2v) is 8.98. The Bertz CT molecular complexity index is 1310. The number of imide groups is 1. The van der Waals surface area contributed by atoms with Crippen molar-refractivity contribution in [1.82, 2.24) is 15.3 Å². The SMILES string of the molecule is COc1cccc([C@@H]2N[C@](Cc3cnc[nH]3)(C(=O)O)[C@@H]3C(=O)N(c4ccc(Cl)cc4)C(=O)[C@@H]32)c1O. The van der Waals surface area contributed by atoms with Gasteiger partial charge in [-0.25, -0.2) is 9.88 Å². The fourth-order valence-electron chi connectivity index (χ4n) is 5.19. The summed E-state index contributed by atoms with van der Waals surface area (Å²) in [6.45, 7) is 0. The van der Waals surface area contributed by atoms with Gasteiger partial charge in [0.15, 0.2) is 11.5 Å². The Labute approximate surface area is 204 Å².